The number of β-amino-alcohol motifs (C(OH)–C–C–N with tert-alkyl or cyclic N) is 1. The second-order valence-electron chi connectivity index (χ2n) is 4.65. The minimum absolute atomic E-state index is 0.0998. The lowest BCUT2D eigenvalue weighted by Crippen LogP contribution is -2.62. The van der Waals surface area contributed by atoms with Crippen LogP contribution in [0.2, 0.25) is 0 Å². The lowest BCUT2D eigenvalue weighted by molar-refractivity contribution is -0.151. The maximum atomic E-state index is 12.2. The zero-order chi connectivity index (χ0) is 13.3. The largest absolute Gasteiger partial charge is 0.392 e. The normalized spacial score (nSPS) is 32.6. The van der Waals surface area contributed by atoms with E-state index in [-0.39, 0.29) is 12.5 Å². The Morgan fingerprint density at radius 1 is 1.50 bits per heavy atom. The molecule has 3 unspecified atom stereocenters. The molecule has 7 nitrogen and oxygen atoms in total. The number of nitrogens with one attached hydrogen (secondary N) is 2. The summed E-state index contributed by atoms with van der Waals surface area (Å²) in [7, 11) is 0. The van der Waals surface area contributed by atoms with E-state index in [0.29, 0.717) is 19.4 Å². The van der Waals surface area contributed by atoms with Crippen LogP contribution in [0.4, 0.5) is 0 Å². The molecule has 2 saturated heterocycles. The lowest BCUT2D eigenvalue weighted by Gasteiger charge is -2.34. The number of piperazine rings is 1. The summed E-state index contributed by atoms with van der Waals surface area (Å²) in [6, 6.07) is -1.11. The van der Waals surface area contributed by atoms with Crippen molar-refractivity contribution in [3.63, 3.8) is 0 Å². The van der Waals surface area contributed by atoms with Crippen LogP contribution in [0.25, 0.3) is 0 Å². The van der Waals surface area contributed by atoms with Crippen LogP contribution in [0.3, 0.4) is 0 Å². The third kappa shape index (κ3) is 2.37. The first kappa shape index (κ1) is 13.0. The van der Waals surface area contributed by atoms with E-state index in [2.05, 4.69) is 10.6 Å². The highest BCUT2D eigenvalue weighted by Gasteiger charge is 2.40. The first-order valence-electron chi connectivity index (χ1n) is 6.08. The fraction of sp³-hybridized carbons (Fsp3) is 0.727. The zero-order valence-corrected chi connectivity index (χ0v) is 10.2. The van der Waals surface area contributed by atoms with Gasteiger partial charge in [-0.15, -0.1) is 0 Å². The number of imide groups is 1. The zero-order valence-electron chi connectivity index (χ0n) is 10.2. The van der Waals surface area contributed by atoms with E-state index >= 15 is 0 Å². The molecule has 18 heavy (non-hydrogen) atoms. The number of aliphatic hydroxyl groups is 1. The van der Waals surface area contributed by atoms with Crippen LogP contribution in [0, 0.1) is 0 Å². The van der Waals surface area contributed by atoms with Gasteiger partial charge in [0.15, 0.2) is 0 Å². The summed E-state index contributed by atoms with van der Waals surface area (Å²) in [5, 5.41) is 14.5. The molecule has 0 aromatic rings. The number of amides is 3. The molecule has 0 aromatic carbocycles. The number of nitrogens with zero attached hydrogens (tertiary/aromatic N) is 1. The van der Waals surface area contributed by atoms with E-state index < -0.39 is 30.0 Å². The molecule has 2 heterocycles. The molecule has 0 radical (unpaired) electrons. The first-order chi connectivity index (χ1) is 8.52. The average molecular weight is 255 g/mol. The van der Waals surface area contributed by atoms with Crippen molar-refractivity contribution in [1.82, 2.24) is 15.5 Å². The van der Waals surface area contributed by atoms with Crippen LogP contribution in [0.1, 0.15) is 19.8 Å². The highest BCUT2D eigenvalue weighted by atomic mass is 16.3. The average Bonchev–Trinajstić information content (AvgIpc) is 2.74. The Labute approximate surface area is 105 Å². The summed E-state index contributed by atoms with van der Waals surface area (Å²) >= 11 is 0. The summed E-state index contributed by atoms with van der Waals surface area (Å²) in [4.78, 5) is 36.5. The molecule has 2 rings (SSSR count). The van der Waals surface area contributed by atoms with E-state index in [0.717, 1.165) is 0 Å². The predicted octanol–water partition coefficient (Wildman–Crippen LogP) is -2.03. The Morgan fingerprint density at radius 2 is 2.22 bits per heavy atom. The van der Waals surface area contributed by atoms with Gasteiger partial charge in [0.05, 0.1) is 12.1 Å². The molecule has 3 amide bonds. The number of rotatable bonds is 2. The molecule has 0 aromatic heterocycles. The van der Waals surface area contributed by atoms with Crippen LogP contribution < -0.4 is 10.6 Å². The molecule has 2 aliphatic heterocycles. The first-order valence-corrected chi connectivity index (χ1v) is 6.08. The van der Waals surface area contributed by atoms with Crippen molar-refractivity contribution in [3.05, 3.63) is 0 Å². The van der Waals surface area contributed by atoms with Gasteiger partial charge in [-0.05, 0) is 12.8 Å². The van der Waals surface area contributed by atoms with Gasteiger partial charge in [0, 0.05) is 6.54 Å². The number of aliphatic hydroxyl groups excluding tert-OH is 1. The smallest absolute Gasteiger partial charge is 0.249 e. The molecule has 2 aliphatic rings. The lowest BCUT2D eigenvalue weighted by atomic mass is 10.1. The number of hydrogen-bond acceptors (Lipinski definition) is 5. The molecule has 0 bridgehead atoms. The third-order valence-corrected chi connectivity index (χ3v) is 3.33. The molecule has 3 atom stereocenters. The molecular weight excluding hydrogens is 238 g/mol. The van der Waals surface area contributed by atoms with Gasteiger partial charge in [-0.2, -0.15) is 0 Å². The molecular formula is C11H17N3O4. The monoisotopic (exact) mass is 255 g/mol. The van der Waals surface area contributed by atoms with Gasteiger partial charge in [0.1, 0.15) is 12.6 Å². The van der Waals surface area contributed by atoms with Gasteiger partial charge < -0.3 is 15.3 Å². The Hall–Kier alpha value is -1.47. The molecule has 0 saturated carbocycles. The van der Waals surface area contributed by atoms with Crippen LogP contribution in [0.15, 0.2) is 0 Å². The van der Waals surface area contributed by atoms with E-state index in [4.69, 9.17) is 0 Å². The van der Waals surface area contributed by atoms with Crippen molar-refractivity contribution in [1.29, 1.82) is 0 Å². The van der Waals surface area contributed by atoms with E-state index in [1.54, 1.807) is 6.92 Å². The maximum absolute atomic E-state index is 12.2. The van der Waals surface area contributed by atoms with Gasteiger partial charge in [0.25, 0.3) is 0 Å². The minimum Gasteiger partial charge on any atom is -0.392 e. The van der Waals surface area contributed by atoms with Gasteiger partial charge in [-0.25, -0.2) is 0 Å². The fourth-order valence-electron chi connectivity index (χ4n) is 2.41. The molecule has 7 heteroatoms. The summed E-state index contributed by atoms with van der Waals surface area (Å²) in [6.45, 7) is 2.05. The second-order valence-corrected chi connectivity index (χ2v) is 4.65. The summed E-state index contributed by atoms with van der Waals surface area (Å²) < 4.78 is 0. The van der Waals surface area contributed by atoms with E-state index in [1.165, 1.54) is 4.90 Å². The third-order valence-electron chi connectivity index (χ3n) is 3.33. The van der Waals surface area contributed by atoms with E-state index in [9.17, 15) is 19.5 Å². The highest BCUT2D eigenvalue weighted by molar-refractivity contribution is 6.04. The quantitative estimate of drug-likeness (QED) is 0.494. The van der Waals surface area contributed by atoms with Crippen molar-refractivity contribution in [2.24, 2.45) is 0 Å². The van der Waals surface area contributed by atoms with Crippen LogP contribution in [0.5, 0.6) is 0 Å². The molecule has 0 aliphatic carbocycles. The highest BCUT2D eigenvalue weighted by Crippen LogP contribution is 2.15. The minimum atomic E-state index is -0.602. The van der Waals surface area contributed by atoms with Crippen LogP contribution in [-0.2, 0) is 14.4 Å². The Bertz CT molecular complexity index is 384. The molecule has 0 spiro atoms. The molecule has 3 N–H and O–H groups in total. The number of hydrogen-bond donors (Lipinski definition) is 3. The standard InChI is InChI=1S/C11H17N3O4/c1-2-8-10(17)13-9(16)5-14(8)11(18)7-3-6(15)4-12-7/h6-8,12,15H,2-5H2,1H3,(H,13,16,17). The Balaban J connectivity index is 2.11. The van der Waals surface area contributed by atoms with Crippen LogP contribution >= 0.6 is 0 Å². The van der Waals surface area contributed by atoms with Crippen molar-refractivity contribution in [2.45, 2.75) is 38.0 Å². The number of carbonyl (C=O) groups excluding carboxylic acids is 3. The molecule has 2 fully saturated rings. The number of carbonyl (C=O) groups is 3. The SMILES string of the molecule is CCC1C(=O)NC(=O)CN1C(=O)C1CC(O)CN1. The van der Waals surface area contributed by atoms with Crippen molar-refractivity contribution < 1.29 is 19.5 Å². The van der Waals surface area contributed by atoms with Gasteiger partial charge in [-0.1, -0.05) is 6.92 Å². The van der Waals surface area contributed by atoms with Gasteiger partial charge in [0.2, 0.25) is 17.7 Å². The summed E-state index contributed by atoms with van der Waals surface area (Å²) in [5.41, 5.74) is 0. The van der Waals surface area contributed by atoms with Crippen molar-refractivity contribution >= 4 is 17.7 Å². The van der Waals surface area contributed by atoms with Crippen molar-refractivity contribution in [2.75, 3.05) is 13.1 Å². The topological polar surface area (TPSA) is 98.7 Å². The maximum Gasteiger partial charge on any atom is 0.249 e. The fourth-order valence-corrected chi connectivity index (χ4v) is 2.41. The summed E-state index contributed by atoms with van der Waals surface area (Å²) in [6.07, 6.45) is 0.232. The second kappa shape index (κ2) is 5.03. The van der Waals surface area contributed by atoms with E-state index in [1.807, 2.05) is 0 Å². The summed E-state index contributed by atoms with van der Waals surface area (Å²) in [5.74, 6) is -1.18. The Morgan fingerprint density at radius 3 is 2.78 bits per heavy atom. The molecule has 100 valence electrons. The van der Waals surface area contributed by atoms with Gasteiger partial charge >= 0.3 is 0 Å². The van der Waals surface area contributed by atoms with Crippen LogP contribution in [-0.4, -0.2) is 59.0 Å². The van der Waals surface area contributed by atoms with Gasteiger partial charge in [-0.3, -0.25) is 19.7 Å². The predicted molar refractivity (Wildman–Crippen MR) is 61.4 cm³/mol. The Kier molecular flexibility index (Phi) is 3.63. The van der Waals surface area contributed by atoms with Crippen molar-refractivity contribution in [3.8, 4) is 0 Å².